The molecule has 1 N–H and O–H groups in total. The SMILES string of the molecule is COc1ccc2[nH]c3c(c2c1)Cc1cc(F)ccc1-3. The molecule has 1 aromatic heterocycles. The Hall–Kier alpha value is -2.29. The fourth-order valence-corrected chi connectivity index (χ4v) is 2.91. The third-order valence-electron chi connectivity index (χ3n) is 3.82. The van der Waals surface area contributed by atoms with Crippen molar-refractivity contribution in [2.45, 2.75) is 6.42 Å². The van der Waals surface area contributed by atoms with Crippen LogP contribution in [0.5, 0.6) is 5.75 Å². The molecular formula is C16H12FNO. The molecule has 2 nitrogen and oxygen atoms in total. The van der Waals surface area contributed by atoms with Crippen LogP contribution in [0.15, 0.2) is 36.4 Å². The number of hydrogen-bond donors (Lipinski definition) is 1. The van der Waals surface area contributed by atoms with Gasteiger partial charge >= 0.3 is 0 Å². The third-order valence-corrected chi connectivity index (χ3v) is 3.82. The van der Waals surface area contributed by atoms with Crippen LogP contribution in [0.2, 0.25) is 0 Å². The summed E-state index contributed by atoms with van der Waals surface area (Å²) in [6, 6.07) is 11.0. The molecule has 1 aliphatic rings. The van der Waals surface area contributed by atoms with Crippen molar-refractivity contribution in [2.24, 2.45) is 0 Å². The van der Waals surface area contributed by atoms with Gasteiger partial charge in [0.2, 0.25) is 0 Å². The van der Waals surface area contributed by atoms with Gasteiger partial charge in [-0.15, -0.1) is 0 Å². The van der Waals surface area contributed by atoms with Crippen LogP contribution in [0, 0.1) is 5.82 Å². The zero-order chi connectivity index (χ0) is 13.0. The fraction of sp³-hybridized carbons (Fsp3) is 0.125. The van der Waals surface area contributed by atoms with Crippen LogP contribution in [0.4, 0.5) is 4.39 Å². The van der Waals surface area contributed by atoms with Crippen molar-refractivity contribution < 1.29 is 9.13 Å². The number of methoxy groups -OCH3 is 1. The third kappa shape index (κ3) is 1.41. The minimum atomic E-state index is -0.175. The zero-order valence-corrected chi connectivity index (χ0v) is 10.5. The Morgan fingerprint density at radius 3 is 2.89 bits per heavy atom. The van der Waals surface area contributed by atoms with Gasteiger partial charge < -0.3 is 9.72 Å². The molecule has 94 valence electrons. The van der Waals surface area contributed by atoms with E-state index in [1.807, 2.05) is 24.3 Å². The molecule has 0 unspecified atom stereocenters. The number of fused-ring (bicyclic) bond motifs is 5. The molecule has 0 amide bonds. The van der Waals surface area contributed by atoms with Gasteiger partial charge in [-0.1, -0.05) is 0 Å². The Balaban J connectivity index is 1.99. The van der Waals surface area contributed by atoms with E-state index in [-0.39, 0.29) is 5.82 Å². The Morgan fingerprint density at radius 1 is 1.16 bits per heavy atom. The second-order valence-electron chi connectivity index (χ2n) is 4.87. The molecule has 0 radical (unpaired) electrons. The van der Waals surface area contributed by atoms with Crippen molar-refractivity contribution in [1.29, 1.82) is 0 Å². The number of H-pyrrole nitrogens is 1. The van der Waals surface area contributed by atoms with E-state index in [9.17, 15) is 4.39 Å². The second kappa shape index (κ2) is 3.60. The lowest BCUT2D eigenvalue weighted by atomic mass is 10.1. The zero-order valence-electron chi connectivity index (χ0n) is 10.5. The van der Waals surface area contributed by atoms with Gasteiger partial charge in [-0.3, -0.25) is 0 Å². The van der Waals surface area contributed by atoms with Crippen LogP contribution in [0.1, 0.15) is 11.1 Å². The molecule has 4 rings (SSSR count). The summed E-state index contributed by atoms with van der Waals surface area (Å²) < 4.78 is 18.6. The van der Waals surface area contributed by atoms with Gasteiger partial charge in [0.05, 0.1) is 12.8 Å². The van der Waals surface area contributed by atoms with Crippen LogP contribution in [-0.4, -0.2) is 12.1 Å². The number of aromatic amines is 1. The van der Waals surface area contributed by atoms with Crippen molar-refractivity contribution in [2.75, 3.05) is 7.11 Å². The monoisotopic (exact) mass is 253 g/mol. The van der Waals surface area contributed by atoms with Gasteiger partial charge in [-0.05, 0) is 47.5 Å². The number of hydrogen-bond acceptors (Lipinski definition) is 1. The Bertz CT molecular complexity index is 804. The molecule has 19 heavy (non-hydrogen) atoms. The molecule has 0 fully saturated rings. The Kier molecular flexibility index (Phi) is 2.01. The number of benzene rings is 2. The van der Waals surface area contributed by atoms with Crippen LogP contribution in [0.3, 0.4) is 0 Å². The fourth-order valence-electron chi connectivity index (χ4n) is 2.91. The molecule has 3 aromatic rings. The van der Waals surface area contributed by atoms with Crippen molar-refractivity contribution in [1.82, 2.24) is 4.98 Å². The summed E-state index contributed by atoms with van der Waals surface area (Å²) in [5.74, 6) is 0.669. The average Bonchev–Trinajstić information content (AvgIpc) is 2.93. The first-order valence-corrected chi connectivity index (χ1v) is 6.23. The van der Waals surface area contributed by atoms with Gasteiger partial charge in [-0.25, -0.2) is 4.39 Å². The van der Waals surface area contributed by atoms with Crippen molar-refractivity contribution >= 4 is 10.9 Å². The van der Waals surface area contributed by atoms with Gasteiger partial charge in [0.15, 0.2) is 0 Å². The summed E-state index contributed by atoms with van der Waals surface area (Å²) in [5.41, 5.74) is 5.59. The average molecular weight is 253 g/mol. The number of rotatable bonds is 1. The molecule has 0 bridgehead atoms. The lowest BCUT2D eigenvalue weighted by Crippen LogP contribution is -1.85. The van der Waals surface area contributed by atoms with Crippen LogP contribution in [0.25, 0.3) is 22.2 Å². The molecular weight excluding hydrogens is 241 g/mol. The normalized spacial score (nSPS) is 12.5. The van der Waals surface area contributed by atoms with Crippen LogP contribution in [-0.2, 0) is 6.42 Å². The summed E-state index contributed by atoms with van der Waals surface area (Å²) in [5, 5.41) is 1.16. The molecule has 0 aliphatic heterocycles. The van der Waals surface area contributed by atoms with Gasteiger partial charge in [0.1, 0.15) is 11.6 Å². The van der Waals surface area contributed by atoms with E-state index in [0.717, 1.165) is 39.9 Å². The van der Waals surface area contributed by atoms with Crippen LogP contribution < -0.4 is 4.74 Å². The predicted molar refractivity (Wildman–Crippen MR) is 73.1 cm³/mol. The summed E-state index contributed by atoms with van der Waals surface area (Å²) in [4.78, 5) is 3.42. The van der Waals surface area contributed by atoms with E-state index < -0.39 is 0 Å². The van der Waals surface area contributed by atoms with E-state index in [2.05, 4.69) is 4.98 Å². The topological polar surface area (TPSA) is 25.0 Å². The minimum absolute atomic E-state index is 0.175. The maximum absolute atomic E-state index is 13.3. The van der Waals surface area contributed by atoms with E-state index in [0.29, 0.717) is 0 Å². The van der Waals surface area contributed by atoms with E-state index in [1.165, 1.54) is 11.6 Å². The van der Waals surface area contributed by atoms with Crippen molar-refractivity contribution in [3.05, 3.63) is 53.3 Å². The summed E-state index contributed by atoms with van der Waals surface area (Å²) in [6.07, 6.45) is 0.773. The molecule has 0 spiro atoms. The standard InChI is InChI=1S/C16H12FNO/c1-19-11-3-5-15-13(8-11)14-7-9-6-10(17)2-4-12(9)16(14)18-15/h2-6,8,18H,7H2,1H3. The summed E-state index contributed by atoms with van der Waals surface area (Å²) >= 11 is 0. The molecule has 1 heterocycles. The van der Waals surface area contributed by atoms with Gasteiger partial charge in [-0.2, -0.15) is 0 Å². The van der Waals surface area contributed by atoms with E-state index >= 15 is 0 Å². The maximum Gasteiger partial charge on any atom is 0.123 e. The molecule has 0 saturated carbocycles. The maximum atomic E-state index is 13.3. The Labute approximate surface area is 109 Å². The highest BCUT2D eigenvalue weighted by atomic mass is 19.1. The highest BCUT2D eigenvalue weighted by molar-refractivity contribution is 5.95. The molecule has 0 atom stereocenters. The highest BCUT2D eigenvalue weighted by Gasteiger charge is 2.23. The second-order valence-corrected chi connectivity index (χ2v) is 4.87. The summed E-state index contributed by atoms with van der Waals surface area (Å²) in [6.45, 7) is 0. The first-order valence-electron chi connectivity index (χ1n) is 6.23. The van der Waals surface area contributed by atoms with Crippen molar-refractivity contribution in [3.8, 4) is 17.0 Å². The number of nitrogens with one attached hydrogen (secondary N) is 1. The first kappa shape index (κ1) is 10.6. The Morgan fingerprint density at radius 2 is 2.05 bits per heavy atom. The molecule has 2 aromatic carbocycles. The van der Waals surface area contributed by atoms with E-state index in [1.54, 1.807) is 13.2 Å². The quantitative estimate of drug-likeness (QED) is 0.547. The lowest BCUT2D eigenvalue weighted by molar-refractivity contribution is 0.415. The predicted octanol–water partition coefficient (Wildman–Crippen LogP) is 3.89. The number of aromatic nitrogens is 1. The van der Waals surface area contributed by atoms with E-state index in [4.69, 9.17) is 4.74 Å². The smallest absolute Gasteiger partial charge is 0.123 e. The van der Waals surface area contributed by atoms with Gasteiger partial charge in [0, 0.05) is 22.9 Å². The first-order chi connectivity index (χ1) is 9.26. The molecule has 0 saturated heterocycles. The number of halogens is 1. The largest absolute Gasteiger partial charge is 0.497 e. The minimum Gasteiger partial charge on any atom is -0.497 e. The summed E-state index contributed by atoms with van der Waals surface area (Å²) in [7, 11) is 1.66. The van der Waals surface area contributed by atoms with Crippen LogP contribution >= 0.6 is 0 Å². The molecule has 1 aliphatic carbocycles. The number of ether oxygens (including phenoxy) is 1. The molecule has 3 heteroatoms. The highest BCUT2D eigenvalue weighted by Crippen LogP contribution is 2.41. The lowest BCUT2D eigenvalue weighted by Gasteiger charge is -2.01. The van der Waals surface area contributed by atoms with Crippen molar-refractivity contribution in [3.63, 3.8) is 0 Å². The van der Waals surface area contributed by atoms with Gasteiger partial charge in [0.25, 0.3) is 0 Å².